The van der Waals surface area contributed by atoms with E-state index in [4.69, 9.17) is 4.74 Å². The second-order valence-electron chi connectivity index (χ2n) is 7.47. The van der Waals surface area contributed by atoms with Crippen LogP contribution in [-0.4, -0.2) is 49.7 Å². The summed E-state index contributed by atoms with van der Waals surface area (Å²) in [5.74, 6) is 1.10. The molecule has 1 aliphatic heterocycles. The van der Waals surface area contributed by atoms with Gasteiger partial charge in [0, 0.05) is 35.6 Å². The van der Waals surface area contributed by atoms with Crippen molar-refractivity contribution in [2.24, 2.45) is 0 Å². The van der Waals surface area contributed by atoms with Crippen molar-refractivity contribution in [2.45, 2.75) is 36.3 Å². The monoisotopic (exact) mass is 451 g/mol. The number of Topliss-reactive ketones (excluding diaryl/α,β-unsaturated/α-hetero) is 1. The fourth-order valence-corrected chi connectivity index (χ4v) is 6.17. The molecule has 1 fully saturated rings. The lowest BCUT2D eigenvalue weighted by Crippen LogP contribution is -2.35. The normalized spacial score (nSPS) is 19.7. The van der Waals surface area contributed by atoms with E-state index in [2.05, 4.69) is 0 Å². The number of carbonyl (C=O) groups excluding carboxylic acids is 1. The molecule has 162 valence electrons. The standard InChI is InChI=1S/C22H26FNO4S2/c1-28-20-10-3-16(4-11-20)15-29-21-13-19(24(14-21)30(2,26)27)9-12-22(25)17-5-7-18(23)8-6-17/h3-8,10-11,19,21H,9,12-15H2,1-2H3/t19-,21-/m1/s1. The van der Waals surface area contributed by atoms with Crippen molar-refractivity contribution in [3.8, 4) is 5.75 Å². The highest BCUT2D eigenvalue weighted by Crippen LogP contribution is 2.33. The minimum absolute atomic E-state index is 0.0993. The lowest BCUT2D eigenvalue weighted by atomic mass is 10.0. The molecule has 1 heterocycles. The molecule has 3 rings (SSSR count). The molecule has 2 aromatic rings. The van der Waals surface area contributed by atoms with Gasteiger partial charge >= 0.3 is 0 Å². The molecule has 2 aromatic carbocycles. The van der Waals surface area contributed by atoms with E-state index in [1.54, 1.807) is 18.9 Å². The first-order valence-electron chi connectivity index (χ1n) is 9.76. The number of benzene rings is 2. The van der Waals surface area contributed by atoms with E-state index >= 15 is 0 Å². The number of rotatable bonds is 9. The lowest BCUT2D eigenvalue weighted by molar-refractivity contribution is 0.0973. The average Bonchev–Trinajstić information content (AvgIpc) is 3.15. The van der Waals surface area contributed by atoms with Crippen LogP contribution in [0.1, 0.15) is 35.2 Å². The molecule has 1 aliphatic rings. The first kappa shape index (κ1) is 22.8. The summed E-state index contributed by atoms with van der Waals surface area (Å²) in [5.41, 5.74) is 1.60. The van der Waals surface area contributed by atoms with Crippen molar-refractivity contribution in [2.75, 3.05) is 19.9 Å². The molecule has 1 saturated heterocycles. The van der Waals surface area contributed by atoms with Gasteiger partial charge in [-0.2, -0.15) is 16.1 Å². The number of hydrogen-bond donors (Lipinski definition) is 0. The molecule has 5 nitrogen and oxygen atoms in total. The van der Waals surface area contributed by atoms with Gasteiger partial charge in [0.25, 0.3) is 0 Å². The Hall–Kier alpha value is -1.90. The zero-order valence-electron chi connectivity index (χ0n) is 17.1. The highest BCUT2D eigenvalue weighted by molar-refractivity contribution is 7.99. The van der Waals surface area contributed by atoms with Gasteiger partial charge in [-0.05, 0) is 54.8 Å². The van der Waals surface area contributed by atoms with Crippen LogP contribution in [0, 0.1) is 5.82 Å². The van der Waals surface area contributed by atoms with Crippen LogP contribution in [0.2, 0.25) is 0 Å². The van der Waals surface area contributed by atoms with Gasteiger partial charge in [0.2, 0.25) is 10.0 Å². The third kappa shape index (κ3) is 6.06. The number of ketones is 1. The minimum Gasteiger partial charge on any atom is -0.497 e. The van der Waals surface area contributed by atoms with Gasteiger partial charge < -0.3 is 4.74 Å². The van der Waals surface area contributed by atoms with E-state index in [0.29, 0.717) is 24.9 Å². The molecule has 8 heteroatoms. The maximum atomic E-state index is 13.0. The van der Waals surface area contributed by atoms with Crippen molar-refractivity contribution in [3.05, 3.63) is 65.5 Å². The Morgan fingerprint density at radius 3 is 2.43 bits per heavy atom. The van der Waals surface area contributed by atoms with Gasteiger partial charge in [-0.25, -0.2) is 12.8 Å². The average molecular weight is 452 g/mol. The summed E-state index contributed by atoms with van der Waals surface area (Å²) >= 11 is 1.73. The molecule has 0 aliphatic carbocycles. The molecule has 0 unspecified atom stereocenters. The smallest absolute Gasteiger partial charge is 0.211 e. The molecule has 0 radical (unpaired) electrons. The van der Waals surface area contributed by atoms with Gasteiger partial charge in [0.1, 0.15) is 11.6 Å². The fourth-order valence-electron chi connectivity index (χ4n) is 3.65. The number of sulfonamides is 1. The van der Waals surface area contributed by atoms with Gasteiger partial charge in [-0.3, -0.25) is 4.79 Å². The van der Waals surface area contributed by atoms with Gasteiger partial charge in [0.05, 0.1) is 13.4 Å². The van der Waals surface area contributed by atoms with Crippen molar-refractivity contribution in [1.82, 2.24) is 4.31 Å². The quantitative estimate of drug-likeness (QED) is 0.537. The van der Waals surface area contributed by atoms with E-state index in [9.17, 15) is 17.6 Å². The molecule has 0 amide bonds. The summed E-state index contributed by atoms with van der Waals surface area (Å²) < 4.78 is 44.3. The van der Waals surface area contributed by atoms with Crippen LogP contribution in [0.5, 0.6) is 5.75 Å². The van der Waals surface area contributed by atoms with Crippen LogP contribution in [-0.2, 0) is 15.8 Å². The van der Waals surface area contributed by atoms with E-state index in [1.807, 2.05) is 24.3 Å². The predicted molar refractivity (Wildman–Crippen MR) is 118 cm³/mol. The van der Waals surface area contributed by atoms with Crippen LogP contribution in [0.4, 0.5) is 4.39 Å². The van der Waals surface area contributed by atoms with E-state index in [-0.39, 0.29) is 29.3 Å². The Morgan fingerprint density at radius 1 is 1.17 bits per heavy atom. The molecule has 0 bridgehead atoms. The fraction of sp³-hybridized carbons (Fsp3) is 0.409. The first-order valence-corrected chi connectivity index (χ1v) is 12.7. The van der Waals surface area contributed by atoms with Crippen LogP contribution in [0.3, 0.4) is 0 Å². The SMILES string of the molecule is COc1ccc(CS[C@@H]2C[C@@H](CCC(=O)c3ccc(F)cc3)N(S(C)(=O)=O)C2)cc1. The molecular weight excluding hydrogens is 425 g/mol. The lowest BCUT2D eigenvalue weighted by Gasteiger charge is -2.21. The Morgan fingerprint density at radius 2 is 1.83 bits per heavy atom. The van der Waals surface area contributed by atoms with Gasteiger partial charge in [0.15, 0.2) is 5.78 Å². The zero-order valence-corrected chi connectivity index (χ0v) is 18.7. The third-order valence-electron chi connectivity index (χ3n) is 5.27. The molecular formula is C22H26FNO4S2. The summed E-state index contributed by atoms with van der Waals surface area (Å²) in [6.45, 7) is 0.453. The highest BCUT2D eigenvalue weighted by atomic mass is 32.2. The topological polar surface area (TPSA) is 63.7 Å². The Labute approximate surface area is 181 Å². The van der Waals surface area contributed by atoms with Gasteiger partial charge in [-0.15, -0.1) is 0 Å². The van der Waals surface area contributed by atoms with Crippen molar-refractivity contribution < 1.29 is 22.3 Å². The van der Waals surface area contributed by atoms with Crippen LogP contribution in [0.25, 0.3) is 0 Å². The largest absolute Gasteiger partial charge is 0.497 e. The Bertz CT molecular complexity index is 962. The number of halogens is 1. The van der Waals surface area contributed by atoms with E-state index < -0.39 is 10.0 Å². The van der Waals surface area contributed by atoms with E-state index in [1.165, 1.54) is 34.8 Å². The summed E-state index contributed by atoms with van der Waals surface area (Å²) in [4.78, 5) is 12.4. The third-order valence-corrected chi connectivity index (χ3v) is 7.88. The summed E-state index contributed by atoms with van der Waals surface area (Å²) in [6, 6.07) is 13.1. The second-order valence-corrected chi connectivity index (χ2v) is 10.7. The molecule has 0 saturated carbocycles. The highest BCUT2D eigenvalue weighted by Gasteiger charge is 2.37. The number of hydrogen-bond acceptors (Lipinski definition) is 5. The Kier molecular flexibility index (Phi) is 7.55. The number of thioether (sulfide) groups is 1. The van der Waals surface area contributed by atoms with Crippen LogP contribution < -0.4 is 4.74 Å². The van der Waals surface area contributed by atoms with E-state index in [0.717, 1.165) is 17.1 Å². The predicted octanol–water partition coefficient (Wildman–Crippen LogP) is 4.13. The second kappa shape index (κ2) is 9.94. The van der Waals surface area contributed by atoms with Crippen LogP contribution >= 0.6 is 11.8 Å². The Balaban J connectivity index is 1.58. The van der Waals surface area contributed by atoms with Gasteiger partial charge in [-0.1, -0.05) is 12.1 Å². The number of nitrogens with zero attached hydrogens (tertiary/aromatic N) is 1. The molecule has 30 heavy (non-hydrogen) atoms. The zero-order chi connectivity index (χ0) is 21.7. The van der Waals surface area contributed by atoms with Crippen molar-refractivity contribution >= 4 is 27.6 Å². The van der Waals surface area contributed by atoms with Crippen LogP contribution in [0.15, 0.2) is 48.5 Å². The first-order chi connectivity index (χ1) is 14.3. The maximum absolute atomic E-state index is 13.0. The van der Waals surface area contributed by atoms with Crippen molar-refractivity contribution in [3.63, 3.8) is 0 Å². The molecule has 0 aromatic heterocycles. The summed E-state index contributed by atoms with van der Waals surface area (Å²) in [5, 5.41) is 0.174. The number of carbonyl (C=O) groups is 1. The summed E-state index contributed by atoms with van der Waals surface area (Å²) in [6.07, 6.45) is 2.63. The summed E-state index contributed by atoms with van der Waals surface area (Å²) in [7, 11) is -1.72. The number of methoxy groups -OCH3 is 1. The minimum atomic E-state index is -3.35. The number of ether oxygens (including phenoxy) is 1. The van der Waals surface area contributed by atoms with Crippen molar-refractivity contribution in [1.29, 1.82) is 0 Å². The maximum Gasteiger partial charge on any atom is 0.211 e. The molecule has 0 N–H and O–H groups in total. The molecule has 2 atom stereocenters. The molecule has 0 spiro atoms.